The Labute approximate surface area is 162 Å². The summed E-state index contributed by atoms with van der Waals surface area (Å²) < 4.78 is 0. The molecule has 0 aromatic heterocycles. The Balaban J connectivity index is 0.00000169. The Bertz CT molecular complexity index is 986. The van der Waals surface area contributed by atoms with Crippen LogP contribution in [0, 0.1) is 0 Å². The summed E-state index contributed by atoms with van der Waals surface area (Å²) in [7, 11) is 0. The molecule has 0 bridgehead atoms. The van der Waals surface area contributed by atoms with E-state index in [1.165, 1.54) is 6.07 Å². The number of carboxylic acids is 1. The highest BCUT2D eigenvalue weighted by atomic mass is 35.5. The van der Waals surface area contributed by atoms with Crippen LogP contribution >= 0.6 is 24.8 Å². The molecule has 0 saturated heterocycles. The zero-order chi connectivity index (χ0) is 17.3. The predicted molar refractivity (Wildman–Crippen MR) is 111 cm³/mol. The third-order valence-electron chi connectivity index (χ3n) is 3.67. The van der Waals surface area contributed by atoms with Crippen molar-refractivity contribution in [3.8, 4) is 11.1 Å². The van der Waals surface area contributed by atoms with Crippen LogP contribution in [-0.2, 0) is 0 Å². The number of carboxylic acid groups (broad SMARTS) is 1. The van der Waals surface area contributed by atoms with Crippen LogP contribution in [0.4, 0.5) is 11.4 Å². The van der Waals surface area contributed by atoms with Crippen molar-refractivity contribution < 1.29 is 9.90 Å². The molecule has 6 nitrogen and oxygen atoms in total. The molecule has 0 saturated carbocycles. The lowest BCUT2D eigenvalue weighted by Crippen LogP contribution is -2.21. The van der Waals surface area contributed by atoms with Crippen LogP contribution in [0.5, 0.6) is 0 Å². The van der Waals surface area contributed by atoms with Gasteiger partial charge in [0.1, 0.15) is 0 Å². The van der Waals surface area contributed by atoms with E-state index in [0.717, 1.165) is 16.3 Å². The van der Waals surface area contributed by atoms with Crippen molar-refractivity contribution >= 4 is 58.9 Å². The molecule has 136 valence electrons. The van der Waals surface area contributed by atoms with Gasteiger partial charge in [-0.05, 0) is 58.3 Å². The zero-order valence-electron chi connectivity index (χ0n) is 13.5. The van der Waals surface area contributed by atoms with Crippen molar-refractivity contribution in [2.24, 2.45) is 16.5 Å². The summed E-state index contributed by atoms with van der Waals surface area (Å²) in [6.07, 6.45) is 0. The molecule has 0 amide bonds. The molecule has 0 aliphatic carbocycles. The molecule has 3 aromatic carbocycles. The summed E-state index contributed by atoms with van der Waals surface area (Å²) in [5, 5.41) is 11.4. The lowest BCUT2D eigenvalue weighted by Gasteiger charge is -2.09. The van der Waals surface area contributed by atoms with E-state index in [9.17, 15) is 9.90 Å². The molecule has 8 heteroatoms. The minimum Gasteiger partial charge on any atom is -0.478 e. The second-order valence-corrected chi connectivity index (χ2v) is 5.39. The Morgan fingerprint density at radius 2 is 1.54 bits per heavy atom. The van der Waals surface area contributed by atoms with Gasteiger partial charge < -0.3 is 22.3 Å². The minimum absolute atomic E-state index is 0. The normalized spacial score (nSPS) is 9.69. The van der Waals surface area contributed by atoms with Crippen molar-refractivity contribution in [3.63, 3.8) is 0 Å². The van der Waals surface area contributed by atoms with Crippen molar-refractivity contribution in [3.05, 3.63) is 60.2 Å². The summed E-state index contributed by atoms with van der Waals surface area (Å²) in [6, 6.07) is 15.9. The maximum atomic E-state index is 11.5. The first-order valence-electron chi connectivity index (χ1n) is 7.21. The molecular weight excluding hydrogens is 375 g/mol. The number of benzene rings is 3. The van der Waals surface area contributed by atoms with Gasteiger partial charge >= 0.3 is 5.97 Å². The minimum atomic E-state index is -1.02. The summed E-state index contributed by atoms with van der Waals surface area (Å²) >= 11 is 0. The summed E-state index contributed by atoms with van der Waals surface area (Å²) in [5.74, 6) is -1.10. The fourth-order valence-electron chi connectivity index (χ4n) is 2.61. The number of nitrogen functional groups attached to an aromatic ring is 1. The Morgan fingerprint density at radius 3 is 2.19 bits per heavy atom. The third-order valence-corrected chi connectivity index (χ3v) is 3.67. The maximum absolute atomic E-state index is 11.5. The van der Waals surface area contributed by atoms with Gasteiger partial charge in [-0.1, -0.05) is 18.2 Å². The highest BCUT2D eigenvalue weighted by Gasteiger charge is 2.13. The number of aromatic carboxylic acids is 1. The number of rotatable bonds is 3. The van der Waals surface area contributed by atoms with Crippen LogP contribution in [0.3, 0.4) is 0 Å². The van der Waals surface area contributed by atoms with Gasteiger partial charge in [-0.2, -0.15) is 0 Å². The molecule has 3 aromatic rings. The topological polar surface area (TPSA) is 128 Å². The summed E-state index contributed by atoms with van der Waals surface area (Å²) in [4.78, 5) is 15.5. The van der Waals surface area contributed by atoms with E-state index in [2.05, 4.69) is 4.99 Å². The highest BCUT2D eigenvalue weighted by molar-refractivity contribution is 5.99. The van der Waals surface area contributed by atoms with Gasteiger partial charge in [0.05, 0.1) is 11.3 Å². The molecule has 0 aliphatic heterocycles. The molecular formula is C18H18Cl2N4O2. The van der Waals surface area contributed by atoms with Gasteiger partial charge in [-0.25, -0.2) is 9.79 Å². The Kier molecular flexibility index (Phi) is 6.83. The standard InChI is InChI=1S/C18H16N4O2.2ClH/c19-13-4-3-10-7-12(2-1-11(10)8-13)16-9-14(22-18(20)21)5-6-15(16)17(23)24;;/h1-9H,19H2,(H,23,24)(H4,20,21,22);2*1H. The van der Waals surface area contributed by atoms with Crippen molar-refractivity contribution in [1.29, 1.82) is 0 Å². The quantitative estimate of drug-likeness (QED) is 0.307. The van der Waals surface area contributed by atoms with E-state index in [-0.39, 0.29) is 36.3 Å². The fourth-order valence-corrected chi connectivity index (χ4v) is 2.61. The number of carbonyl (C=O) groups is 1. The Morgan fingerprint density at radius 1 is 0.885 bits per heavy atom. The number of hydrogen-bond donors (Lipinski definition) is 4. The predicted octanol–water partition coefficient (Wildman–Crippen LogP) is 3.54. The van der Waals surface area contributed by atoms with Gasteiger partial charge in [-0.15, -0.1) is 24.8 Å². The lowest BCUT2D eigenvalue weighted by atomic mass is 9.96. The monoisotopic (exact) mass is 392 g/mol. The molecule has 26 heavy (non-hydrogen) atoms. The van der Waals surface area contributed by atoms with E-state index >= 15 is 0 Å². The fraction of sp³-hybridized carbons (Fsp3) is 0. The third kappa shape index (κ3) is 4.36. The van der Waals surface area contributed by atoms with Crippen molar-refractivity contribution in [2.45, 2.75) is 0 Å². The Hall–Kier alpha value is -2.96. The molecule has 0 fully saturated rings. The number of fused-ring (bicyclic) bond motifs is 1. The number of hydrogen-bond acceptors (Lipinski definition) is 3. The van der Waals surface area contributed by atoms with Gasteiger partial charge in [0.2, 0.25) is 0 Å². The highest BCUT2D eigenvalue weighted by Crippen LogP contribution is 2.31. The second-order valence-electron chi connectivity index (χ2n) is 5.39. The van der Waals surface area contributed by atoms with Crippen molar-refractivity contribution in [2.75, 3.05) is 5.73 Å². The molecule has 0 atom stereocenters. The zero-order valence-corrected chi connectivity index (χ0v) is 15.2. The van der Waals surface area contributed by atoms with Gasteiger partial charge in [0, 0.05) is 5.69 Å². The number of nitrogens with zero attached hydrogens (tertiary/aromatic N) is 1. The number of halogens is 2. The average Bonchev–Trinajstić information content (AvgIpc) is 2.53. The van der Waals surface area contributed by atoms with E-state index < -0.39 is 5.97 Å². The van der Waals surface area contributed by atoms with E-state index in [1.807, 2.05) is 30.3 Å². The van der Waals surface area contributed by atoms with Gasteiger partial charge in [0.15, 0.2) is 5.96 Å². The second kappa shape index (κ2) is 8.42. The summed E-state index contributed by atoms with van der Waals surface area (Å²) in [6.45, 7) is 0. The number of aliphatic imine (C=N–C) groups is 1. The van der Waals surface area contributed by atoms with E-state index in [4.69, 9.17) is 17.2 Å². The van der Waals surface area contributed by atoms with Crippen LogP contribution < -0.4 is 17.2 Å². The van der Waals surface area contributed by atoms with Crippen molar-refractivity contribution in [1.82, 2.24) is 0 Å². The number of nitrogens with two attached hydrogens (primary N) is 3. The first kappa shape index (κ1) is 21.1. The largest absolute Gasteiger partial charge is 0.478 e. The van der Waals surface area contributed by atoms with Crippen LogP contribution in [-0.4, -0.2) is 17.0 Å². The molecule has 0 aliphatic rings. The van der Waals surface area contributed by atoms with Crippen LogP contribution in [0.2, 0.25) is 0 Å². The lowest BCUT2D eigenvalue weighted by molar-refractivity contribution is 0.0698. The SMILES string of the molecule is Cl.Cl.NC(N)=Nc1ccc(C(=O)O)c(-c2ccc3cc(N)ccc3c2)c1. The molecule has 0 spiro atoms. The number of anilines is 1. The van der Waals surface area contributed by atoms with E-state index in [1.54, 1.807) is 18.2 Å². The molecule has 0 radical (unpaired) electrons. The molecule has 0 unspecified atom stereocenters. The van der Waals surface area contributed by atoms with Gasteiger partial charge in [0.25, 0.3) is 0 Å². The first-order chi connectivity index (χ1) is 11.4. The number of guanidine groups is 1. The molecule has 3 rings (SSSR count). The van der Waals surface area contributed by atoms with E-state index in [0.29, 0.717) is 16.9 Å². The first-order valence-corrected chi connectivity index (χ1v) is 7.21. The van der Waals surface area contributed by atoms with Crippen LogP contribution in [0.1, 0.15) is 10.4 Å². The summed E-state index contributed by atoms with van der Waals surface area (Å²) in [5.41, 5.74) is 19.2. The molecule has 0 heterocycles. The smallest absolute Gasteiger partial charge is 0.336 e. The van der Waals surface area contributed by atoms with Crippen LogP contribution in [0.15, 0.2) is 59.6 Å². The molecule has 7 N–H and O–H groups in total. The van der Waals surface area contributed by atoms with Gasteiger partial charge in [-0.3, -0.25) is 0 Å². The van der Waals surface area contributed by atoms with Crippen LogP contribution in [0.25, 0.3) is 21.9 Å². The maximum Gasteiger partial charge on any atom is 0.336 e. The average molecular weight is 393 g/mol.